The van der Waals surface area contributed by atoms with E-state index in [9.17, 15) is 14.9 Å². The first-order valence-corrected chi connectivity index (χ1v) is 6.45. The highest BCUT2D eigenvalue weighted by molar-refractivity contribution is 5.72. The number of nitro benzene ring substituents is 1. The number of methoxy groups -OCH3 is 1. The molecular formula is C13H16N2O6. The van der Waals surface area contributed by atoms with Crippen molar-refractivity contribution in [2.45, 2.75) is 25.0 Å². The number of non-ortho nitro benzene ring substituents is 1. The predicted octanol–water partition coefficient (Wildman–Crippen LogP) is 1.65. The monoisotopic (exact) mass is 296 g/mol. The second-order valence-electron chi connectivity index (χ2n) is 4.72. The van der Waals surface area contributed by atoms with Gasteiger partial charge in [-0.05, 0) is 12.8 Å². The molecule has 1 heterocycles. The van der Waals surface area contributed by atoms with Gasteiger partial charge in [-0.15, -0.1) is 0 Å². The lowest BCUT2D eigenvalue weighted by atomic mass is 10.2. The second-order valence-corrected chi connectivity index (χ2v) is 4.72. The number of carboxylic acids is 1. The van der Waals surface area contributed by atoms with E-state index in [-0.39, 0.29) is 11.8 Å². The van der Waals surface area contributed by atoms with Crippen LogP contribution in [0.1, 0.15) is 12.8 Å². The summed E-state index contributed by atoms with van der Waals surface area (Å²) in [5.41, 5.74) is 0.455. The third kappa shape index (κ3) is 3.82. The van der Waals surface area contributed by atoms with Gasteiger partial charge in [-0.3, -0.25) is 10.1 Å². The zero-order valence-electron chi connectivity index (χ0n) is 11.4. The molecule has 2 atom stereocenters. The van der Waals surface area contributed by atoms with Crippen LogP contribution in [0.3, 0.4) is 0 Å². The Bertz CT molecular complexity index is 547. The van der Waals surface area contributed by atoms with E-state index in [1.807, 2.05) is 0 Å². The van der Waals surface area contributed by atoms with Gasteiger partial charge >= 0.3 is 5.97 Å². The van der Waals surface area contributed by atoms with Crippen molar-refractivity contribution in [1.82, 2.24) is 0 Å². The van der Waals surface area contributed by atoms with Gasteiger partial charge in [0, 0.05) is 24.4 Å². The van der Waals surface area contributed by atoms with Gasteiger partial charge in [-0.25, -0.2) is 4.79 Å². The predicted molar refractivity (Wildman–Crippen MR) is 73.7 cm³/mol. The van der Waals surface area contributed by atoms with E-state index in [1.54, 1.807) is 6.07 Å². The van der Waals surface area contributed by atoms with Gasteiger partial charge in [0.05, 0.1) is 24.2 Å². The maximum atomic E-state index is 10.8. The maximum Gasteiger partial charge on any atom is 0.332 e. The van der Waals surface area contributed by atoms with E-state index in [1.165, 1.54) is 19.2 Å². The van der Waals surface area contributed by atoms with Crippen molar-refractivity contribution in [3.8, 4) is 5.75 Å². The largest absolute Gasteiger partial charge is 0.496 e. The van der Waals surface area contributed by atoms with E-state index < -0.39 is 17.0 Å². The molecule has 0 radical (unpaired) electrons. The first-order chi connectivity index (χ1) is 9.99. The van der Waals surface area contributed by atoms with Gasteiger partial charge in [0.2, 0.25) is 0 Å². The van der Waals surface area contributed by atoms with Crippen molar-refractivity contribution < 1.29 is 24.3 Å². The van der Waals surface area contributed by atoms with Gasteiger partial charge in [-0.1, -0.05) is 0 Å². The molecule has 0 saturated carbocycles. The molecule has 0 amide bonds. The maximum absolute atomic E-state index is 10.8. The molecule has 1 aliphatic rings. The molecule has 2 unspecified atom stereocenters. The number of ether oxygens (including phenoxy) is 2. The van der Waals surface area contributed by atoms with E-state index >= 15 is 0 Å². The number of benzene rings is 1. The van der Waals surface area contributed by atoms with Crippen LogP contribution in [-0.2, 0) is 9.53 Å². The lowest BCUT2D eigenvalue weighted by Gasteiger charge is -2.13. The normalized spacial score (nSPS) is 21.0. The minimum atomic E-state index is -0.963. The molecule has 1 saturated heterocycles. The van der Waals surface area contributed by atoms with Crippen LogP contribution >= 0.6 is 0 Å². The van der Waals surface area contributed by atoms with Crippen LogP contribution < -0.4 is 10.1 Å². The van der Waals surface area contributed by atoms with Crippen molar-refractivity contribution in [2.24, 2.45) is 0 Å². The number of anilines is 1. The van der Waals surface area contributed by atoms with E-state index in [0.717, 1.165) is 0 Å². The fourth-order valence-corrected chi connectivity index (χ4v) is 2.18. The molecule has 0 aliphatic carbocycles. The standard InChI is InChI=1S/C13H16N2O6/c1-20-11-5-8(4-9(6-11)15(18)19)14-7-10-2-3-12(21-10)13(16)17/h4-6,10,12,14H,2-3,7H2,1H3,(H,16,17). The highest BCUT2D eigenvalue weighted by atomic mass is 16.6. The molecule has 0 spiro atoms. The lowest BCUT2D eigenvalue weighted by Crippen LogP contribution is -2.24. The Balaban J connectivity index is 1.98. The summed E-state index contributed by atoms with van der Waals surface area (Å²) in [5.74, 6) is -0.586. The Morgan fingerprint density at radius 1 is 1.52 bits per heavy atom. The Morgan fingerprint density at radius 3 is 2.86 bits per heavy atom. The Hall–Kier alpha value is -2.35. The van der Waals surface area contributed by atoms with E-state index in [4.69, 9.17) is 14.6 Å². The summed E-state index contributed by atoms with van der Waals surface area (Å²) < 4.78 is 10.4. The number of rotatable bonds is 6. The van der Waals surface area contributed by atoms with Crippen molar-refractivity contribution in [1.29, 1.82) is 0 Å². The Morgan fingerprint density at radius 2 is 2.29 bits per heavy atom. The van der Waals surface area contributed by atoms with Crippen LogP contribution in [0.5, 0.6) is 5.75 Å². The quantitative estimate of drug-likeness (QED) is 0.606. The van der Waals surface area contributed by atoms with Crippen LogP contribution in [0, 0.1) is 10.1 Å². The number of carbonyl (C=O) groups is 1. The zero-order chi connectivity index (χ0) is 15.4. The summed E-state index contributed by atoms with van der Waals surface area (Å²) in [5, 5.41) is 22.7. The molecule has 2 rings (SSSR count). The number of hydrogen-bond acceptors (Lipinski definition) is 6. The van der Waals surface area contributed by atoms with Crippen LogP contribution in [0.25, 0.3) is 0 Å². The highest BCUT2D eigenvalue weighted by Gasteiger charge is 2.30. The summed E-state index contributed by atoms with van der Waals surface area (Å²) in [7, 11) is 1.43. The third-order valence-corrected chi connectivity index (χ3v) is 3.25. The van der Waals surface area contributed by atoms with Crippen LogP contribution in [0.4, 0.5) is 11.4 Å². The molecule has 2 N–H and O–H groups in total. The minimum absolute atomic E-state index is 0.0763. The molecule has 1 aliphatic heterocycles. The molecule has 8 nitrogen and oxygen atoms in total. The number of nitrogens with zero attached hydrogens (tertiary/aromatic N) is 1. The zero-order valence-corrected chi connectivity index (χ0v) is 11.4. The van der Waals surface area contributed by atoms with Crippen molar-refractivity contribution >= 4 is 17.3 Å². The van der Waals surface area contributed by atoms with E-state index in [0.29, 0.717) is 30.8 Å². The second kappa shape index (κ2) is 6.40. The molecule has 1 aromatic carbocycles. The SMILES string of the molecule is COc1cc(NCC2CCC(C(=O)O)O2)cc([N+](=O)[O-])c1. The summed E-state index contributed by atoms with van der Waals surface area (Å²) in [6.07, 6.45) is 0.114. The molecule has 21 heavy (non-hydrogen) atoms. The summed E-state index contributed by atoms with van der Waals surface area (Å²) >= 11 is 0. The van der Waals surface area contributed by atoms with E-state index in [2.05, 4.69) is 5.32 Å². The molecule has 0 bridgehead atoms. The van der Waals surface area contributed by atoms with Crippen LogP contribution in [-0.4, -0.2) is 41.9 Å². The van der Waals surface area contributed by atoms with Crippen molar-refractivity contribution in [3.63, 3.8) is 0 Å². The van der Waals surface area contributed by atoms with Crippen molar-refractivity contribution in [3.05, 3.63) is 28.3 Å². The minimum Gasteiger partial charge on any atom is -0.496 e. The molecule has 1 aromatic rings. The Labute approximate surface area is 120 Å². The first kappa shape index (κ1) is 15.0. The summed E-state index contributed by atoms with van der Waals surface area (Å²) in [4.78, 5) is 21.1. The smallest absolute Gasteiger partial charge is 0.332 e. The number of nitro groups is 1. The van der Waals surface area contributed by atoms with Gasteiger partial charge < -0.3 is 19.9 Å². The van der Waals surface area contributed by atoms with Gasteiger partial charge in [-0.2, -0.15) is 0 Å². The number of nitrogens with one attached hydrogen (secondary N) is 1. The molecule has 8 heteroatoms. The fourth-order valence-electron chi connectivity index (χ4n) is 2.18. The average molecular weight is 296 g/mol. The number of aliphatic carboxylic acids is 1. The molecule has 114 valence electrons. The Kier molecular flexibility index (Phi) is 4.59. The van der Waals surface area contributed by atoms with Crippen LogP contribution in [0.15, 0.2) is 18.2 Å². The molecular weight excluding hydrogens is 280 g/mol. The summed E-state index contributed by atoms with van der Waals surface area (Å²) in [6, 6.07) is 4.36. The number of carboxylic acid groups (broad SMARTS) is 1. The lowest BCUT2D eigenvalue weighted by molar-refractivity contribution is -0.384. The third-order valence-electron chi connectivity index (χ3n) is 3.25. The van der Waals surface area contributed by atoms with Gasteiger partial charge in [0.25, 0.3) is 5.69 Å². The first-order valence-electron chi connectivity index (χ1n) is 6.45. The summed E-state index contributed by atoms with van der Waals surface area (Å²) in [6.45, 7) is 0.383. The molecule has 0 aromatic heterocycles. The van der Waals surface area contributed by atoms with Gasteiger partial charge in [0.1, 0.15) is 5.75 Å². The van der Waals surface area contributed by atoms with Crippen LogP contribution in [0.2, 0.25) is 0 Å². The average Bonchev–Trinajstić information content (AvgIpc) is 2.93. The number of hydrogen-bond donors (Lipinski definition) is 2. The van der Waals surface area contributed by atoms with Gasteiger partial charge in [0.15, 0.2) is 6.10 Å². The fraction of sp³-hybridized carbons (Fsp3) is 0.462. The topological polar surface area (TPSA) is 111 Å². The van der Waals surface area contributed by atoms with Crippen molar-refractivity contribution in [2.75, 3.05) is 19.0 Å². The molecule has 1 fully saturated rings. The highest BCUT2D eigenvalue weighted by Crippen LogP contribution is 2.26.